The minimum absolute atomic E-state index is 1.32. The summed E-state index contributed by atoms with van der Waals surface area (Å²) in [6, 6.07) is 24.0. The maximum Gasteiger partial charge on any atom is -0.0351 e. The highest BCUT2D eigenvalue weighted by Crippen LogP contribution is 2.15. The van der Waals surface area contributed by atoms with Crippen molar-refractivity contribution in [3.63, 3.8) is 0 Å². The van der Waals surface area contributed by atoms with Gasteiger partial charge in [-0.1, -0.05) is 123 Å². The van der Waals surface area contributed by atoms with E-state index in [-0.39, 0.29) is 0 Å². The van der Waals surface area contributed by atoms with Crippen LogP contribution in [0.4, 0.5) is 0 Å². The number of rotatable bonds is 0. The zero-order valence-electron chi connectivity index (χ0n) is 15.2. The molecule has 0 saturated heterocycles. The van der Waals surface area contributed by atoms with Gasteiger partial charge >= 0.3 is 0 Å². The lowest BCUT2D eigenvalue weighted by molar-refractivity contribution is 0.504. The molecule has 0 aliphatic heterocycles. The van der Waals surface area contributed by atoms with E-state index in [1.807, 2.05) is 72.8 Å². The van der Waals surface area contributed by atoms with E-state index in [1.165, 1.54) is 64.2 Å². The Morgan fingerprint density at radius 2 is 0.458 bits per heavy atom. The van der Waals surface area contributed by atoms with Crippen LogP contribution in [0.3, 0.4) is 0 Å². The predicted octanol–water partition coefficient (Wildman–Crippen LogP) is 7.83. The van der Waals surface area contributed by atoms with Crippen LogP contribution in [0.5, 0.6) is 0 Å². The standard InChI is InChI=1S/C6H12.C6H10.2C6H6/c4*1-2-4-6-5-3-1/h1-6H2;1-2H,3-6H2;2*1-6H. The molecule has 0 N–H and O–H groups in total. The SMILES string of the molecule is C1=CCCCC1.C1CCCCC1.c1ccccc1.c1ccccc1. The van der Waals surface area contributed by atoms with Gasteiger partial charge in [-0.2, -0.15) is 0 Å². The van der Waals surface area contributed by atoms with E-state index >= 15 is 0 Å². The first kappa shape index (κ1) is 20.2. The topological polar surface area (TPSA) is 0 Å². The van der Waals surface area contributed by atoms with Crippen LogP contribution in [0.1, 0.15) is 64.2 Å². The average Bonchev–Trinajstić information content (AvgIpc) is 2.75. The lowest BCUT2D eigenvalue weighted by Crippen LogP contribution is -1.85. The minimum Gasteiger partial charge on any atom is -0.0885 e. The van der Waals surface area contributed by atoms with Crippen LogP contribution in [0.15, 0.2) is 84.9 Å². The molecule has 0 radical (unpaired) electrons. The maximum absolute atomic E-state index is 2.27. The Hall–Kier alpha value is -1.82. The van der Waals surface area contributed by atoms with Gasteiger partial charge in [-0.3, -0.25) is 0 Å². The number of hydrogen-bond acceptors (Lipinski definition) is 0. The molecular weight excluding hydrogens is 288 g/mol. The van der Waals surface area contributed by atoms with Crippen molar-refractivity contribution in [1.82, 2.24) is 0 Å². The molecule has 2 aromatic rings. The van der Waals surface area contributed by atoms with Gasteiger partial charge in [0.2, 0.25) is 0 Å². The molecule has 0 nitrogen and oxygen atoms in total. The van der Waals surface area contributed by atoms with Crippen molar-refractivity contribution in [2.75, 3.05) is 0 Å². The third-order valence-corrected chi connectivity index (χ3v) is 3.99. The van der Waals surface area contributed by atoms with Crippen LogP contribution in [0.2, 0.25) is 0 Å². The van der Waals surface area contributed by atoms with Crippen LogP contribution in [0, 0.1) is 0 Å². The highest BCUT2D eigenvalue weighted by atomic mass is 14.0. The molecule has 130 valence electrons. The lowest BCUT2D eigenvalue weighted by Gasteiger charge is -2.05. The summed E-state index contributed by atoms with van der Waals surface area (Å²) in [5, 5.41) is 0. The molecule has 1 saturated carbocycles. The molecular formula is C24H34. The first-order valence-corrected chi connectivity index (χ1v) is 9.65. The van der Waals surface area contributed by atoms with Crippen molar-refractivity contribution >= 4 is 0 Å². The number of allylic oxidation sites excluding steroid dienone is 2. The first-order valence-electron chi connectivity index (χ1n) is 9.65. The highest BCUT2D eigenvalue weighted by molar-refractivity contribution is 4.99. The average molecular weight is 323 g/mol. The molecule has 0 heterocycles. The van der Waals surface area contributed by atoms with Gasteiger partial charge in [0, 0.05) is 0 Å². The Morgan fingerprint density at radius 3 is 0.583 bits per heavy atom. The molecule has 0 heteroatoms. The zero-order valence-corrected chi connectivity index (χ0v) is 15.2. The van der Waals surface area contributed by atoms with E-state index < -0.39 is 0 Å². The molecule has 0 amide bonds. The third-order valence-electron chi connectivity index (χ3n) is 3.99. The summed E-state index contributed by atoms with van der Waals surface area (Å²) >= 11 is 0. The van der Waals surface area contributed by atoms with Crippen molar-refractivity contribution in [1.29, 1.82) is 0 Å². The molecule has 0 bridgehead atoms. The fourth-order valence-electron chi connectivity index (χ4n) is 2.59. The van der Waals surface area contributed by atoms with Gasteiger partial charge in [0.1, 0.15) is 0 Å². The quantitative estimate of drug-likeness (QED) is 0.433. The van der Waals surface area contributed by atoms with E-state index in [4.69, 9.17) is 0 Å². The van der Waals surface area contributed by atoms with Crippen LogP contribution >= 0.6 is 0 Å². The van der Waals surface area contributed by atoms with Crippen molar-refractivity contribution in [3.05, 3.63) is 84.9 Å². The van der Waals surface area contributed by atoms with Gasteiger partial charge in [-0.15, -0.1) is 0 Å². The first-order chi connectivity index (χ1) is 12.0. The normalized spacial score (nSPS) is 15.3. The van der Waals surface area contributed by atoms with E-state index in [9.17, 15) is 0 Å². The molecule has 4 rings (SSSR count). The molecule has 2 aliphatic carbocycles. The van der Waals surface area contributed by atoms with Crippen molar-refractivity contribution in [2.45, 2.75) is 64.2 Å². The van der Waals surface area contributed by atoms with E-state index in [0.29, 0.717) is 0 Å². The summed E-state index contributed by atoms with van der Waals surface area (Å²) in [7, 11) is 0. The molecule has 0 atom stereocenters. The molecule has 2 aromatic carbocycles. The molecule has 0 spiro atoms. The van der Waals surface area contributed by atoms with Gasteiger partial charge in [0.05, 0.1) is 0 Å². The third kappa shape index (κ3) is 15.1. The largest absolute Gasteiger partial charge is 0.0885 e. The number of hydrogen-bond donors (Lipinski definition) is 0. The van der Waals surface area contributed by atoms with Crippen LogP contribution in [-0.2, 0) is 0 Å². The fraction of sp³-hybridized carbons (Fsp3) is 0.417. The molecule has 0 unspecified atom stereocenters. The van der Waals surface area contributed by atoms with Crippen LogP contribution < -0.4 is 0 Å². The Labute approximate surface area is 149 Å². The van der Waals surface area contributed by atoms with Gasteiger partial charge in [0.25, 0.3) is 0 Å². The second-order valence-corrected chi connectivity index (χ2v) is 6.19. The highest BCUT2D eigenvalue weighted by Gasteiger charge is 1.95. The van der Waals surface area contributed by atoms with Gasteiger partial charge in [0.15, 0.2) is 0 Å². The number of benzene rings is 2. The second kappa shape index (κ2) is 17.5. The predicted molar refractivity (Wildman–Crippen MR) is 108 cm³/mol. The van der Waals surface area contributed by atoms with E-state index in [0.717, 1.165) is 0 Å². The van der Waals surface area contributed by atoms with E-state index in [1.54, 1.807) is 0 Å². The summed E-state index contributed by atoms with van der Waals surface area (Å²) in [6.07, 6.45) is 19.0. The van der Waals surface area contributed by atoms with Gasteiger partial charge in [-0.25, -0.2) is 0 Å². The molecule has 1 fully saturated rings. The Balaban J connectivity index is 0.000000160. The Bertz CT molecular complexity index is 349. The Morgan fingerprint density at radius 1 is 0.250 bits per heavy atom. The van der Waals surface area contributed by atoms with Crippen molar-refractivity contribution in [3.8, 4) is 0 Å². The fourth-order valence-corrected chi connectivity index (χ4v) is 2.59. The minimum atomic E-state index is 1.32. The summed E-state index contributed by atoms with van der Waals surface area (Å²) in [5.74, 6) is 0. The second-order valence-electron chi connectivity index (χ2n) is 6.19. The van der Waals surface area contributed by atoms with Crippen molar-refractivity contribution in [2.24, 2.45) is 0 Å². The summed E-state index contributed by atoms with van der Waals surface area (Å²) in [5.41, 5.74) is 0. The molecule has 2 aliphatic rings. The summed E-state index contributed by atoms with van der Waals surface area (Å²) in [6.45, 7) is 0. The monoisotopic (exact) mass is 322 g/mol. The summed E-state index contributed by atoms with van der Waals surface area (Å²) < 4.78 is 0. The van der Waals surface area contributed by atoms with Gasteiger partial charge < -0.3 is 0 Å². The van der Waals surface area contributed by atoms with E-state index in [2.05, 4.69) is 12.2 Å². The molecule has 24 heavy (non-hydrogen) atoms. The smallest absolute Gasteiger partial charge is 0.0351 e. The van der Waals surface area contributed by atoms with Gasteiger partial charge in [-0.05, 0) is 25.7 Å². The maximum atomic E-state index is 2.27. The lowest BCUT2D eigenvalue weighted by atomic mass is 10.0. The van der Waals surface area contributed by atoms with Crippen LogP contribution in [-0.4, -0.2) is 0 Å². The molecule has 0 aromatic heterocycles. The van der Waals surface area contributed by atoms with Crippen molar-refractivity contribution < 1.29 is 0 Å². The zero-order chi connectivity index (χ0) is 17.0. The Kier molecular flexibility index (Phi) is 14.8. The van der Waals surface area contributed by atoms with Crippen LogP contribution in [0.25, 0.3) is 0 Å². The summed E-state index contributed by atoms with van der Waals surface area (Å²) in [4.78, 5) is 0.